The fourth-order valence-corrected chi connectivity index (χ4v) is 1.73. The van der Waals surface area contributed by atoms with Crippen molar-refractivity contribution in [1.82, 2.24) is 9.97 Å². The monoisotopic (exact) mass is 281 g/mol. The zero-order chi connectivity index (χ0) is 15.2. The molecule has 2 aromatic heterocycles. The van der Waals surface area contributed by atoms with E-state index in [0.717, 1.165) is 11.3 Å². The minimum absolute atomic E-state index is 0.393. The van der Waals surface area contributed by atoms with Gasteiger partial charge >= 0.3 is 5.97 Å². The Morgan fingerprint density at radius 3 is 2.52 bits per heavy atom. The average Bonchev–Trinajstić information content (AvgIpc) is 2.54. The normalized spacial score (nSPS) is 9.76. The summed E-state index contributed by atoms with van der Waals surface area (Å²) in [4.78, 5) is 19.9. The Hall–Kier alpha value is -2.95. The predicted molar refractivity (Wildman–Crippen MR) is 83.3 cm³/mol. The van der Waals surface area contributed by atoms with Crippen LogP contribution in [0.4, 0.5) is 11.6 Å². The Kier molecular flexibility index (Phi) is 4.46. The van der Waals surface area contributed by atoms with Crippen molar-refractivity contribution in [3.05, 3.63) is 60.4 Å². The molecule has 21 heavy (non-hydrogen) atoms. The third-order valence-corrected chi connectivity index (χ3v) is 2.81. The van der Waals surface area contributed by atoms with Crippen LogP contribution in [-0.4, -0.2) is 23.0 Å². The summed E-state index contributed by atoms with van der Waals surface area (Å²) >= 11 is 0. The fraction of sp³-hybridized carbons (Fsp3) is 0.0625. The van der Waals surface area contributed by atoms with Crippen LogP contribution in [0.2, 0.25) is 0 Å². The number of aromatic nitrogens is 2. The molecule has 2 heterocycles. The van der Waals surface area contributed by atoms with Crippen LogP contribution in [0.25, 0.3) is 12.2 Å². The lowest BCUT2D eigenvalue weighted by Crippen LogP contribution is -2.03. The number of hydrogen-bond acceptors (Lipinski definition) is 5. The smallest absolute Gasteiger partial charge is 0.339 e. The summed E-state index contributed by atoms with van der Waals surface area (Å²) in [5.41, 5.74) is 2.04. The molecule has 2 rings (SSSR count). The van der Waals surface area contributed by atoms with E-state index >= 15 is 0 Å². The van der Waals surface area contributed by atoms with Gasteiger partial charge in [0.25, 0.3) is 0 Å². The highest BCUT2D eigenvalue weighted by Crippen LogP contribution is 2.17. The summed E-state index contributed by atoms with van der Waals surface area (Å²) in [7, 11) is 1.33. The molecular formula is C16H15N3O2. The van der Waals surface area contributed by atoms with Gasteiger partial charge in [0.15, 0.2) is 0 Å². The molecule has 0 aromatic carbocycles. The Morgan fingerprint density at radius 1 is 1.19 bits per heavy atom. The molecule has 0 aliphatic rings. The van der Waals surface area contributed by atoms with E-state index in [0.29, 0.717) is 17.2 Å². The highest BCUT2D eigenvalue weighted by molar-refractivity contribution is 5.89. The van der Waals surface area contributed by atoms with Crippen LogP contribution in [-0.2, 0) is 4.74 Å². The lowest BCUT2D eigenvalue weighted by Gasteiger charge is -2.07. The second kappa shape index (κ2) is 6.47. The number of ether oxygens (including phenoxy) is 1. The van der Waals surface area contributed by atoms with Gasteiger partial charge in [-0.2, -0.15) is 0 Å². The molecule has 0 aliphatic heterocycles. The number of anilines is 2. The molecule has 0 spiro atoms. The zero-order valence-electron chi connectivity index (χ0n) is 11.7. The molecule has 1 N–H and O–H groups in total. The number of esters is 1. The van der Waals surface area contributed by atoms with Crippen molar-refractivity contribution in [1.29, 1.82) is 0 Å². The molecule has 5 heteroatoms. The van der Waals surface area contributed by atoms with Crippen LogP contribution in [0, 0.1) is 0 Å². The maximum absolute atomic E-state index is 11.3. The second-order valence-electron chi connectivity index (χ2n) is 4.13. The molecule has 0 atom stereocenters. The zero-order valence-corrected chi connectivity index (χ0v) is 11.7. The van der Waals surface area contributed by atoms with E-state index in [-0.39, 0.29) is 0 Å². The van der Waals surface area contributed by atoms with E-state index in [1.54, 1.807) is 24.3 Å². The van der Waals surface area contributed by atoms with Crippen molar-refractivity contribution in [2.24, 2.45) is 0 Å². The first-order chi connectivity index (χ1) is 10.2. The van der Waals surface area contributed by atoms with Crippen molar-refractivity contribution in [2.45, 2.75) is 0 Å². The van der Waals surface area contributed by atoms with E-state index in [4.69, 9.17) is 0 Å². The first-order valence-electron chi connectivity index (χ1n) is 6.25. The van der Waals surface area contributed by atoms with Gasteiger partial charge in [-0.05, 0) is 35.9 Å². The first kappa shape index (κ1) is 14.5. The number of carbonyl (C=O) groups excluding carboxylic acids is 1. The van der Waals surface area contributed by atoms with E-state index < -0.39 is 5.97 Å². The van der Waals surface area contributed by atoms with E-state index in [2.05, 4.69) is 33.2 Å². The minimum Gasteiger partial charge on any atom is -0.465 e. The van der Waals surface area contributed by atoms with Crippen LogP contribution in [0.1, 0.15) is 21.6 Å². The highest BCUT2D eigenvalue weighted by atomic mass is 16.5. The molecule has 0 radical (unpaired) electrons. The Bertz CT molecular complexity index is 678. The van der Waals surface area contributed by atoms with Gasteiger partial charge in [0.1, 0.15) is 11.6 Å². The largest absolute Gasteiger partial charge is 0.465 e. The van der Waals surface area contributed by atoms with Gasteiger partial charge in [0.2, 0.25) is 0 Å². The van der Waals surface area contributed by atoms with Crippen molar-refractivity contribution in [3.8, 4) is 0 Å². The Balaban J connectivity index is 2.20. The van der Waals surface area contributed by atoms with Crippen molar-refractivity contribution >= 4 is 29.8 Å². The summed E-state index contributed by atoms with van der Waals surface area (Å²) in [6, 6.07) is 7.03. The molecule has 0 aliphatic carbocycles. The van der Waals surface area contributed by atoms with Crippen LogP contribution in [0.5, 0.6) is 0 Å². The number of nitrogens with zero attached hydrogens (tertiary/aromatic N) is 2. The molecule has 2 aromatic rings. The van der Waals surface area contributed by atoms with Crippen LogP contribution >= 0.6 is 0 Å². The number of nitrogens with one attached hydrogen (secondary N) is 1. The van der Waals surface area contributed by atoms with Crippen molar-refractivity contribution in [3.63, 3.8) is 0 Å². The highest BCUT2D eigenvalue weighted by Gasteiger charge is 2.06. The summed E-state index contributed by atoms with van der Waals surface area (Å²) in [5, 5.41) is 3.06. The predicted octanol–water partition coefficient (Wildman–Crippen LogP) is 3.29. The Labute approximate surface area is 123 Å². The maximum Gasteiger partial charge on any atom is 0.339 e. The van der Waals surface area contributed by atoms with Gasteiger partial charge in [-0.3, -0.25) is 0 Å². The molecule has 0 saturated carbocycles. The lowest BCUT2D eigenvalue weighted by molar-refractivity contribution is 0.0600. The van der Waals surface area contributed by atoms with Gasteiger partial charge in [-0.15, -0.1) is 0 Å². The Morgan fingerprint density at radius 2 is 1.95 bits per heavy atom. The van der Waals surface area contributed by atoms with Gasteiger partial charge in [-0.25, -0.2) is 14.8 Å². The lowest BCUT2D eigenvalue weighted by atomic mass is 10.2. The molecule has 5 nitrogen and oxygen atoms in total. The molecule has 0 saturated heterocycles. The van der Waals surface area contributed by atoms with Gasteiger partial charge in [0.05, 0.1) is 18.4 Å². The number of pyridine rings is 2. The topological polar surface area (TPSA) is 64.1 Å². The number of methoxy groups -OCH3 is 1. The average molecular weight is 281 g/mol. The standard InChI is InChI=1S/C16H15N3O2/c1-4-11-6-9-15(18-13(11)5-2)19-14-8-7-12(10-17-14)16(20)21-3/h4-10H,1-2H2,3H3,(H,17,18,19). The molecule has 106 valence electrons. The van der Waals surface area contributed by atoms with Crippen molar-refractivity contribution < 1.29 is 9.53 Å². The van der Waals surface area contributed by atoms with E-state index in [1.165, 1.54) is 13.3 Å². The number of rotatable bonds is 5. The maximum atomic E-state index is 11.3. The molecular weight excluding hydrogens is 266 g/mol. The SMILES string of the molecule is C=Cc1ccc(Nc2ccc(C(=O)OC)cn2)nc1C=C. The van der Waals surface area contributed by atoms with Crippen LogP contribution in [0.15, 0.2) is 43.6 Å². The summed E-state index contributed by atoms with van der Waals surface area (Å²) in [5.74, 6) is 0.793. The molecule has 0 bridgehead atoms. The molecule has 0 fully saturated rings. The fourth-order valence-electron chi connectivity index (χ4n) is 1.73. The molecule has 0 amide bonds. The number of carbonyl (C=O) groups is 1. The van der Waals surface area contributed by atoms with Crippen molar-refractivity contribution in [2.75, 3.05) is 12.4 Å². The molecule has 0 unspecified atom stereocenters. The van der Waals surface area contributed by atoms with E-state index in [9.17, 15) is 4.79 Å². The summed E-state index contributed by atoms with van der Waals surface area (Å²) in [6.45, 7) is 7.45. The van der Waals surface area contributed by atoms with Gasteiger partial charge < -0.3 is 10.1 Å². The minimum atomic E-state index is -0.420. The summed E-state index contributed by atoms with van der Waals surface area (Å²) < 4.78 is 4.62. The van der Waals surface area contributed by atoms with Gasteiger partial charge in [0, 0.05) is 6.20 Å². The third-order valence-electron chi connectivity index (χ3n) is 2.81. The summed E-state index contributed by atoms with van der Waals surface area (Å²) in [6.07, 6.45) is 4.83. The third kappa shape index (κ3) is 3.33. The van der Waals surface area contributed by atoms with Crippen LogP contribution in [0.3, 0.4) is 0 Å². The quantitative estimate of drug-likeness (QED) is 0.852. The first-order valence-corrected chi connectivity index (χ1v) is 6.25. The second-order valence-corrected chi connectivity index (χ2v) is 4.13. The van der Waals surface area contributed by atoms with Crippen LogP contribution < -0.4 is 5.32 Å². The van der Waals surface area contributed by atoms with E-state index in [1.807, 2.05) is 12.1 Å². The van der Waals surface area contributed by atoms with Gasteiger partial charge in [-0.1, -0.05) is 19.2 Å². The number of hydrogen-bond donors (Lipinski definition) is 1.